The summed E-state index contributed by atoms with van der Waals surface area (Å²) in [6.45, 7) is 10.9. The van der Waals surface area contributed by atoms with Gasteiger partial charge >= 0.3 is 0 Å². The van der Waals surface area contributed by atoms with Gasteiger partial charge in [-0.15, -0.1) is 24.0 Å². The molecule has 1 aromatic carbocycles. The quantitative estimate of drug-likeness (QED) is 0.311. The summed E-state index contributed by atoms with van der Waals surface area (Å²) in [5, 5.41) is 17.0. The van der Waals surface area contributed by atoms with Gasteiger partial charge in [0.25, 0.3) is 0 Å². The van der Waals surface area contributed by atoms with Gasteiger partial charge in [-0.1, -0.05) is 26.0 Å². The van der Waals surface area contributed by atoms with Crippen molar-refractivity contribution in [1.29, 1.82) is 0 Å². The molecule has 7 heteroatoms. The number of aliphatic hydroxyl groups is 1. The molecule has 2 rings (SSSR count). The Balaban J connectivity index is 0.00000364. The molecular formula is C20H34FIN4O. The number of hydrogen-bond donors (Lipinski definition) is 3. The van der Waals surface area contributed by atoms with E-state index in [0.717, 1.165) is 45.0 Å². The average molecular weight is 492 g/mol. The zero-order valence-corrected chi connectivity index (χ0v) is 18.9. The normalized spacial score (nSPS) is 17.5. The van der Waals surface area contributed by atoms with Crippen LogP contribution in [0, 0.1) is 11.7 Å². The molecule has 1 atom stereocenters. The Kier molecular flexibility index (Phi) is 11.2. The van der Waals surface area contributed by atoms with E-state index in [1.807, 2.05) is 6.92 Å². The molecule has 1 unspecified atom stereocenters. The lowest BCUT2D eigenvalue weighted by atomic mass is 10.0. The van der Waals surface area contributed by atoms with Crippen molar-refractivity contribution >= 4 is 29.9 Å². The number of hydrogen-bond acceptors (Lipinski definition) is 3. The Morgan fingerprint density at radius 2 is 1.89 bits per heavy atom. The van der Waals surface area contributed by atoms with Crippen LogP contribution in [0.15, 0.2) is 29.3 Å². The zero-order chi connectivity index (χ0) is 18.9. The van der Waals surface area contributed by atoms with Crippen LogP contribution in [-0.2, 0) is 0 Å². The summed E-state index contributed by atoms with van der Waals surface area (Å²) in [5.41, 5.74) is 0.674. The van der Waals surface area contributed by atoms with Crippen LogP contribution in [0.2, 0.25) is 0 Å². The summed E-state index contributed by atoms with van der Waals surface area (Å²) in [4.78, 5) is 7.03. The monoisotopic (exact) mass is 492 g/mol. The van der Waals surface area contributed by atoms with Crippen molar-refractivity contribution in [3.63, 3.8) is 0 Å². The van der Waals surface area contributed by atoms with Crippen LogP contribution < -0.4 is 10.6 Å². The van der Waals surface area contributed by atoms with E-state index >= 15 is 0 Å². The number of guanidine groups is 1. The van der Waals surface area contributed by atoms with Gasteiger partial charge in [-0.05, 0) is 43.4 Å². The topological polar surface area (TPSA) is 59.9 Å². The number of nitrogens with zero attached hydrogens (tertiary/aromatic N) is 2. The van der Waals surface area contributed by atoms with Crippen LogP contribution in [0.3, 0.4) is 0 Å². The summed E-state index contributed by atoms with van der Waals surface area (Å²) >= 11 is 0. The molecule has 0 radical (unpaired) electrons. The first kappa shape index (κ1) is 24.1. The Labute approximate surface area is 179 Å². The van der Waals surface area contributed by atoms with Gasteiger partial charge < -0.3 is 20.6 Å². The minimum Gasteiger partial charge on any atom is -0.386 e. The molecule has 0 aliphatic carbocycles. The summed E-state index contributed by atoms with van der Waals surface area (Å²) in [6, 6.07) is 6.31. The first-order valence-electron chi connectivity index (χ1n) is 9.68. The molecule has 1 aromatic rings. The van der Waals surface area contributed by atoms with Crippen molar-refractivity contribution in [2.45, 2.75) is 45.8 Å². The van der Waals surface area contributed by atoms with E-state index in [0.29, 0.717) is 17.5 Å². The summed E-state index contributed by atoms with van der Waals surface area (Å²) in [6.07, 6.45) is 1.45. The lowest BCUT2D eigenvalue weighted by molar-refractivity contribution is 0.184. The molecular weight excluding hydrogens is 458 g/mol. The summed E-state index contributed by atoms with van der Waals surface area (Å²) in [5.74, 6) is 1.13. The lowest BCUT2D eigenvalue weighted by Gasteiger charge is -2.34. The van der Waals surface area contributed by atoms with Gasteiger partial charge in [0.2, 0.25) is 0 Å². The van der Waals surface area contributed by atoms with Gasteiger partial charge in [0, 0.05) is 32.2 Å². The van der Waals surface area contributed by atoms with Crippen molar-refractivity contribution < 1.29 is 9.50 Å². The smallest absolute Gasteiger partial charge is 0.191 e. The van der Waals surface area contributed by atoms with Gasteiger partial charge in [0.1, 0.15) is 5.82 Å². The van der Waals surface area contributed by atoms with Crippen LogP contribution in [0.4, 0.5) is 4.39 Å². The van der Waals surface area contributed by atoms with Crippen molar-refractivity contribution in [2.75, 3.05) is 32.7 Å². The molecule has 0 amide bonds. The van der Waals surface area contributed by atoms with Gasteiger partial charge in [0.05, 0.1) is 12.6 Å². The largest absolute Gasteiger partial charge is 0.386 e. The molecule has 1 aliphatic heterocycles. The van der Waals surface area contributed by atoms with E-state index in [4.69, 9.17) is 0 Å². The predicted octanol–water partition coefficient (Wildman–Crippen LogP) is 3.15. The number of aliphatic hydroxyl groups excluding tert-OH is 1. The standard InChI is InChI=1S/C20H33FN4O.HI/c1-4-22-20(23-13-19(26)16-5-7-17(21)8-6-16)24-18-9-11-25(12-10-18)14-15(2)3;/h5-8,15,18-19,26H,4,9-14H2,1-3H3,(H2,22,23,24);1H. The second kappa shape index (κ2) is 12.5. The molecule has 1 fully saturated rings. The molecule has 1 saturated heterocycles. The molecule has 3 N–H and O–H groups in total. The Morgan fingerprint density at radius 3 is 2.44 bits per heavy atom. The van der Waals surface area contributed by atoms with E-state index < -0.39 is 6.10 Å². The maximum Gasteiger partial charge on any atom is 0.191 e. The summed E-state index contributed by atoms with van der Waals surface area (Å²) < 4.78 is 13.0. The van der Waals surface area contributed by atoms with Gasteiger partial charge in [-0.25, -0.2) is 4.39 Å². The number of rotatable bonds is 7. The molecule has 1 heterocycles. The molecule has 5 nitrogen and oxygen atoms in total. The molecule has 0 bridgehead atoms. The lowest BCUT2D eigenvalue weighted by Crippen LogP contribution is -2.49. The maximum atomic E-state index is 13.0. The van der Waals surface area contributed by atoms with Crippen LogP contribution in [0.25, 0.3) is 0 Å². The SMILES string of the molecule is CCNC(=NCC(O)c1ccc(F)cc1)NC1CCN(CC(C)C)CC1.I. The first-order valence-corrected chi connectivity index (χ1v) is 9.68. The number of benzene rings is 1. The van der Waals surface area contributed by atoms with Gasteiger partial charge in [-0.2, -0.15) is 0 Å². The highest BCUT2D eigenvalue weighted by molar-refractivity contribution is 14.0. The highest BCUT2D eigenvalue weighted by atomic mass is 127. The van der Waals surface area contributed by atoms with Crippen LogP contribution in [-0.4, -0.2) is 54.7 Å². The van der Waals surface area contributed by atoms with Crippen molar-refractivity contribution in [1.82, 2.24) is 15.5 Å². The van der Waals surface area contributed by atoms with Crippen molar-refractivity contribution in [3.8, 4) is 0 Å². The molecule has 27 heavy (non-hydrogen) atoms. The van der Waals surface area contributed by atoms with Gasteiger partial charge in [0.15, 0.2) is 5.96 Å². The minimum atomic E-state index is -0.737. The average Bonchev–Trinajstić information content (AvgIpc) is 2.61. The highest BCUT2D eigenvalue weighted by Gasteiger charge is 2.20. The van der Waals surface area contributed by atoms with Gasteiger partial charge in [-0.3, -0.25) is 4.99 Å². The number of likely N-dealkylation sites (tertiary alicyclic amines) is 1. The maximum absolute atomic E-state index is 13.0. The second-order valence-corrected chi connectivity index (χ2v) is 7.40. The van der Waals surface area contributed by atoms with Crippen LogP contribution >= 0.6 is 24.0 Å². The first-order chi connectivity index (χ1) is 12.5. The van der Waals surface area contributed by atoms with E-state index in [-0.39, 0.29) is 36.3 Å². The van der Waals surface area contributed by atoms with Crippen LogP contribution in [0.5, 0.6) is 0 Å². The van der Waals surface area contributed by atoms with Crippen molar-refractivity contribution in [2.24, 2.45) is 10.9 Å². The fourth-order valence-electron chi connectivity index (χ4n) is 3.26. The number of aliphatic imine (C=N–C) groups is 1. The zero-order valence-electron chi connectivity index (χ0n) is 16.6. The van der Waals surface area contributed by atoms with E-state index in [1.54, 1.807) is 12.1 Å². The molecule has 1 aliphatic rings. The third kappa shape index (κ3) is 8.74. The Bertz CT molecular complexity index is 560. The van der Waals surface area contributed by atoms with Crippen molar-refractivity contribution in [3.05, 3.63) is 35.6 Å². The third-order valence-electron chi connectivity index (χ3n) is 4.57. The molecule has 0 spiro atoms. The summed E-state index contributed by atoms with van der Waals surface area (Å²) in [7, 11) is 0. The van der Waals surface area contributed by atoms with E-state index in [9.17, 15) is 9.50 Å². The fraction of sp³-hybridized carbons (Fsp3) is 0.650. The van der Waals surface area contributed by atoms with Crippen LogP contribution in [0.1, 0.15) is 45.3 Å². The number of halogens is 2. The minimum absolute atomic E-state index is 0. The molecule has 0 saturated carbocycles. The second-order valence-electron chi connectivity index (χ2n) is 7.40. The molecule has 154 valence electrons. The number of piperidine rings is 1. The third-order valence-corrected chi connectivity index (χ3v) is 4.57. The van der Waals surface area contributed by atoms with E-state index in [2.05, 4.69) is 34.4 Å². The fourth-order valence-corrected chi connectivity index (χ4v) is 3.26. The predicted molar refractivity (Wildman–Crippen MR) is 120 cm³/mol. The number of nitrogens with one attached hydrogen (secondary N) is 2. The molecule has 0 aromatic heterocycles. The Morgan fingerprint density at radius 1 is 1.26 bits per heavy atom. The van der Waals surface area contributed by atoms with E-state index in [1.165, 1.54) is 12.1 Å². The Hall–Kier alpha value is -0.930. The highest BCUT2D eigenvalue weighted by Crippen LogP contribution is 2.14.